The van der Waals surface area contributed by atoms with Crippen molar-refractivity contribution in [1.82, 2.24) is 25.3 Å². The van der Waals surface area contributed by atoms with Gasteiger partial charge in [-0.1, -0.05) is 17.7 Å². The lowest BCUT2D eigenvalue weighted by Crippen LogP contribution is -2.46. The summed E-state index contributed by atoms with van der Waals surface area (Å²) in [7, 11) is 0. The summed E-state index contributed by atoms with van der Waals surface area (Å²) in [6.45, 7) is 10.5. The highest BCUT2D eigenvalue weighted by molar-refractivity contribution is 6.32. The molecule has 0 saturated carbocycles. The molecule has 4 aromatic rings. The number of aromatic nitrogens is 4. The van der Waals surface area contributed by atoms with E-state index < -0.39 is 11.7 Å². The number of nitrogens with zero attached hydrogens (tertiary/aromatic N) is 6. The van der Waals surface area contributed by atoms with E-state index in [2.05, 4.69) is 42.2 Å². The number of piperidine rings is 1. The second-order valence-corrected chi connectivity index (χ2v) is 11.0. The number of fused-ring (bicyclic) bond motifs is 1. The summed E-state index contributed by atoms with van der Waals surface area (Å²) < 4.78 is 11.3. The van der Waals surface area contributed by atoms with Crippen LogP contribution in [0.1, 0.15) is 33.6 Å². The van der Waals surface area contributed by atoms with E-state index in [0.717, 1.165) is 12.8 Å². The van der Waals surface area contributed by atoms with E-state index in [1.165, 1.54) is 6.33 Å². The quantitative estimate of drug-likeness (QED) is 0.240. The van der Waals surface area contributed by atoms with Crippen LogP contribution in [0.3, 0.4) is 0 Å². The van der Waals surface area contributed by atoms with Crippen LogP contribution in [0.15, 0.2) is 60.0 Å². The van der Waals surface area contributed by atoms with Crippen LogP contribution in [0, 0.1) is 0 Å². The van der Waals surface area contributed by atoms with Crippen LogP contribution >= 0.6 is 11.6 Å². The number of hydrogen-bond acceptors (Lipinski definition) is 10. The van der Waals surface area contributed by atoms with Crippen LogP contribution in [-0.4, -0.2) is 57.5 Å². The molecular formula is C29H31ClN8O3. The number of halogens is 1. The highest BCUT2D eigenvalue weighted by Gasteiger charge is 2.25. The van der Waals surface area contributed by atoms with Crippen LogP contribution < -0.4 is 20.3 Å². The second kappa shape index (κ2) is 11.9. The number of nitrogens with one attached hydrogen (secondary N) is 2. The first kappa shape index (κ1) is 28.0. The maximum Gasteiger partial charge on any atom is 0.407 e. The molecule has 5 rings (SSSR count). The summed E-state index contributed by atoms with van der Waals surface area (Å²) >= 11 is 6.54. The van der Waals surface area contributed by atoms with Gasteiger partial charge in [0.15, 0.2) is 5.82 Å². The Bertz CT molecular complexity index is 1570. The lowest BCUT2D eigenvalue weighted by atomic mass is 10.1. The predicted octanol–water partition coefficient (Wildman–Crippen LogP) is 6.43. The first-order valence-corrected chi connectivity index (χ1v) is 13.6. The van der Waals surface area contributed by atoms with Gasteiger partial charge in [-0.05, 0) is 70.7 Å². The normalized spacial score (nSPS) is 14.0. The molecule has 1 saturated heterocycles. The number of amides is 1. The molecule has 41 heavy (non-hydrogen) atoms. The number of rotatable bonds is 7. The van der Waals surface area contributed by atoms with Gasteiger partial charge in [-0.3, -0.25) is 4.99 Å². The molecule has 0 radical (unpaired) electrons. The zero-order valence-corrected chi connectivity index (χ0v) is 23.9. The fourth-order valence-corrected chi connectivity index (χ4v) is 4.58. The van der Waals surface area contributed by atoms with Gasteiger partial charge in [0.1, 0.15) is 34.5 Å². The van der Waals surface area contributed by atoms with Crippen molar-refractivity contribution in [2.24, 2.45) is 4.99 Å². The van der Waals surface area contributed by atoms with E-state index in [-0.39, 0.29) is 6.04 Å². The van der Waals surface area contributed by atoms with Gasteiger partial charge in [-0.25, -0.2) is 24.7 Å². The molecule has 2 aromatic heterocycles. The smallest absolute Gasteiger partial charge is 0.407 e. The number of aliphatic imine (C=N–C) groups is 1. The minimum absolute atomic E-state index is 0.0291. The molecule has 0 unspecified atom stereocenters. The van der Waals surface area contributed by atoms with Crippen molar-refractivity contribution in [3.05, 3.63) is 60.0 Å². The lowest BCUT2D eigenvalue weighted by Gasteiger charge is -2.32. The molecule has 0 aliphatic carbocycles. The third-order valence-corrected chi connectivity index (χ3v) is 6.58. The number of carbonyl (C=O) groups is 1. The first-order valence-electron chi connectivity index (χ1n) is 13.2. The van der Waals surface area contributed by atoms with Crippen LogP contribution in [0.4, 0.5) is 27.9 Å². The second-order valence-electron chi connectivity index (χ2n) is 10.6. The summed E-state index contributed by atoms with van der Waals surface area (Å²) in [5.41, 5.74) is 2.06. The van der Waals surface area contributed by atoms with Gasteiger partial charge < -0.3 is 25.0 Å². The van der Waals surface area contributed by atoms with Crippen LogP contribution in [0.25, 0.3) is 11.0 Å². The zero-order valence-electron chi connectivity index (χ0n) is 23.1. The third-order valence-electron chi connectivity index (χ3n) is 6.29. The average Bonchev–Trinajstić information content (AvgIpc) is 2.94. The van der Waals surface area contributed by atoms with Gasteiger partial charge in [-0.2, -0.15) is 0 Å². The molecule has 0 atom stereocenters. The minimum Gasteiger partial charge on any atom is -0.456 e. The maximum atomic E-state index is 12.1. The average molecular weight is 575 g/mol. The monoisotopic (exact) mass is 574 g/mol. The topological polar surface area (TPSA) is 127 Å². The maximum absolute atomic E-state index is 12.1. The summed E-state index contributed by atoms with van der Waals surface area (Å²) in [5.74, 6) is 2.20. The molecule has 0 bridgehead atoms. The zero-order chi connectivity index (χ0) is 29.0. The van der Waals surface area contributed by atoms with Gasteiger partial charge in [0.25, 0.3) is 0 Å². The molecule has 212 valence electrons. The van der Waals surface area contributed by atoms with E-state index in [1.807, 2.05) is 45.0 Å². The molecule has 1 aliphatic rings. The van der Waals surface area contributed by atoms with Gasteiger partial charge in [0, 0.05) is 30.9 Å². The van der Waals surface area contributed by atoms with Crippen molar-refractivity contribution in [2.45, 2.75) is 45.3 Å². The molecular weight excluding hydrogens is 544 g/mol. The number of benzene rings is 2. The van der Waals surface area contributed by atoms with E-state index in [0.29, 0.717) is 63.8 Å². The Kier molecular flexibility index (Phi) is 8.16. The van der Waals surface area contributed by atoms with E-state index in [9.17, 15) is 4.79 Å². The molecule has 0 spiro atoms. The predicted molar refractivity (Wildman–Crippen MR) is 160 cm³/mol. The van der Waals surface area contributed by atoms with E-state index in [4.69, 9.17) is 26.1 Å². The van der Waals surface area contributed by atoms with Crippen molar-refractivity contribution < 1.29 is 14.3 Å². The van der Waals surface area contributed by atoms with Crippen LogP contribution in [0.2, 0.25) is 5.02 Å². The summed E-state index contributed by atoms with van der Waals surface area (Å²) in [4.78, 5) is 36.2. The number of alkyl carbamates (subject to hydrolysis) is 1. The SMILES string of the molecule is C=Nc1cccc(Oc2ccc(Nc3ncnc4cnc(N5CCC(NC(=O)OC(C)(C)C)CC5)nc34)cc2Cl)c1. The lowest BCUT2D eigenvalue weighted by molar-refractivity contribution is 0.0497. The number of ether oxygens (including phenoxy) is 2. The van der Waals surface area contributed by atoms with E-state index in [1.54, 1.807) is 24.4 Å². The molecule has 1 amide bonds. The summed E-state index contributed by atoms with van der Waals surface area (Å²) in [5, 5.41) is 6.67. The first-order chi connectivity index (χ1) is 19.7. The van der Waals surface area contributed by atoms with Gasteiger partial charge in [0.05, 0.1) is 16.9 Å². The molecule has 11 nitrogen and oxygen atoms in total. The van der Waals surface area contributed by atoms with Gasteiger partial charge in [-0.15, -0.1) is 0 Å². The van der Waals surface area contributed by atoms with E-state index >= 15 is 0 Å². The largest absolute Gasteiger partial charge is 0.456 e. The number of hydrogen-bond donors (Lipinski definition) is 2. The van der Waals surface area contributed by atoms with Gasteiger partial charge in [0.2, 0.25) is 5.95 Å². The summed E-state index contributed by atoms with van der Waals surface area (Å²) in [6, 6.07) is 12.7. The van der Waals surface area contributed by atoms with Crippen molar-refractivity contribution >= 4 is 58.6 Å². The molecule has 2 N–H and O–H groups in total. The van der Waals surface area contributed by atoms with Gasteiger partial charge >= 0.3 is 6.09 Å². The highest BCUT2D eigenvalue weighted by Crippen LogP contribution is 2.34. The molecule has 12 heteroatoms. The Morgan fingerprint density at radius 2 is 1.93 bits per heavy atom. The fraction of sp³-hybridized carbons (Fsp3) is 0.310. The van der Waals surface area contributed by atoms with Crippen LogP contribution in [-0.2, 0) is 4.74 Å². The number of carbonyl (C=O) groups excluding carboxylic acids is 1. The Balaban J connectivity index is 1.27. The standard InChI is InChI=1S/C29H31ClN8O3/c1-29(2,3)41-28(39)36-18-10-12-38(13-11-18)27-32-16-23-25(37-27)26(34-17-33-23)35-20-8-9-24(22(30)15-20)40-21-7-5-6-19(14-21)31-4/h5-9,14-18H,4,10-13H2,1-3H3,(H,36,39)(H,33,34,35). The van der Waals surface area contributed by atoms with Crippen molar-refractivity contribution in [1.29, 1.82) is 0 Å². The Morgan fingerprint density at radius 3 is 2.66 bits per heavy atom. The fourth-order valence-electron chi connectivity index (χ4n) is 4.36. The molecule has 3 heterocycles. The summed E-state index contributed by atoms with van der Waals surface area (Å²) in [6.07, 6.45) is 4.24. The Hall–Kier alpha value is -4.51. The minimum atomic E-state index is -0.533. The Morgan fingerprint density at radius 1 is 1.12 bits per heavy atom. The van der Waals surface area contributed by atoms with Crippen molar-refractivity contribution in [3.8, 4) is 11.5 Å². The van der Waals surface area contributed by atoms with Crippen LogP contribution in [0.5, 0.6) is 11.5 Å². The van der Waals surface area contributed by atoms with Crippen molar-refractivity contribution in [2.75, 3.05) is 23.3 Å². The number of anilines is 3. The highest BCUT2D eigenvalue weighted by atomic mass is 35.5. The molecule has 1 aliphatic heterocycles. The molecule has 1 fully saturated rings. The third kappa shape index (κ3) is 7.17. The molecule has 2 aromatic carbocycles. The Labute approximate surface area is 243 Å². The van der Waals surface area contributed by atoms with Crippen molar-refractivity contribution in [3.63, 3.8) is 0 Å².